The van der Waals surface area contributed by atoms with Crippen molar-refractivity contribution in [2.24, 2.45) is 5.92 Å². The fraction of sp³-hybridized carbons (Fsp3) is 0.909. The topological polar surface area (TPSA) is 44.3 Å². The molecule has 0 unspecified atom stereocenters. The Hall–Kier alpha value is -0.350. The molecule has 2 atom stereocenters. The van der Waals surface area contributed by atoms with Crippen molar-refractivity contribution in [1.82, 2.24) is 10.6 Å². The molecule has 0 aromatic rings. The molecule has 0 aromatic carbocycles. The molecule has 0 aliphatic heterocycles. The van der Waals surface area contributed by atoms with Crippen LogP contribution in [-0.4, -0.2) is 29.4 Å². The van der Waals surface area contributed by atoms with Crippen molar-refractivity contribution in [1.29, 1.82) is 0 Å². The van der Waals surface area contributed by atoms with Crippen molar-refractivity contribution in [3.63, 3.8) is 0 Å². The van der Waals surface area contributed by atoms with Crippen LogP contribution < -0.4 is 10.6 Å². The van der Waals surface area contributed by atoms with Crippen LogP contribution in [0.1, 0.15) is 39.0 Å². The van der Waals surface area contributed by atoms with Gasteiger partial charge in [0, 0.05) is 12.6 Å². The summed E-state index contributed by atoms with van der Waals surface area (Å²) >= 11 is 5.17. The lowest BCUT2D eigenvalue weighted by Gasteiger charge is -2.32. The van der Waals surface area contributed by atoms with E-state index in [9.17, 15) is 0 Å². The largest absolute Gasteiger partial charge is 0.395 e. The first-order valence-corrected chi connectivity index (χ1v) is 6.34. The summed E-state index contributed by atoms with van der Waals surface area (Å²) in [6.45, 7) is 2.91. The van der Waals surface area contributed by atoms with E-state index in [1.807, 2.05) is 0 Å². The Morgan fingerprint density at radius 1 is 1.40 bits per heavy atom. The van der Waals surface area contributed by atoms with Crippen molar-refractivity contribution < 1.29 is 5.11 Å². The zero-order chi connectivity index (χ0) is 11.1. The molecule has 1 fully saturated rings. The molecule has 0 aromatic heterocycles. The van der Waals surface area contributed by atoms with Crippen molar-refractivity contribution in [2.45, 2.75) is 45.1 Å². The van der Waals surface area contributed by atoms with Crippen LogP contribution in [0.5, 0.6) is 0 Å². The minimum Gasteiger partial charge on any atom is -0.395 e. The highest BCUT2D eigenvalue weighted by atomic mass is 32.1. The van der Waals surface area contributed by atoms with E-state index in [2.05, 4.69) is 17.6 Å². The molecule has 1 aliphatic rings. The Morgan fingerprint density at radius 2 is 2.13 bits per heavy atom. The normalized spacial score (nSPS) is 26.0. The maximum Gasteiger partial charge on any atom is 0.166 e. The molecule has 1 aliphatic carbocycles. The van der Waals surface area contributed by atoms with Gasteiger partial charge in [-0.1, -0.05) is 26.2 Å². The van der Waals surface area contributed by atoms with Gasteiger partial charge in [0.05, 0.1) is 6.61 Å². The van der Waals surface area contributed by atoms with E-state index < -0.39 is 0 Å². The maximum absolute atomic E-state index is 8.67. The summed E-state index contributed by atoms with van der Waals surface area (Å²) in [5.41, 5.74) is 0. The first-order valence-electron chi connectivity index (χ1n) is 5.93. The monoisotopic (exact) mass is 230 g/mol. The number of hydrogen-bond donors (Lipinski definition) is 3. The van der Waals surface area contributed by atoms with Crippen LogP contribution in [0.2, 0.25) is 0 Å². The summed E-state index contributed by atoms with van der Waals surface area (Å²) < 4.78 is 0. The summed E-state index contributed by atoms with van der Waals surface area (Å²) in [5.74, 6) is 0.757. The Bertz CT molecular complexity index is 199. The average Bonchev–Trinajstić information content (AvgIpc) is 2.27. The molecule has 4 heteroatoms. The van der Waals surface area contributed by atoms with Crippen molar-refractivity contribution in [3.05, 3.63) is 0 Å². The molecule has 88 valence electrons. The van der Waals surface area contributed by atoms with Gasteiger partial charge < -0.3 is 15.7 Å². The van der Waals surface area contributed by atoms with Gasteiger partial charge in [-0.2, -0.15) is 0 Å². The molecule has 1 saturated carbocycles. The van der Waals surface area contributed by atoms with E-state index in [1.54, 1.807) is 0 Å². The van der Waals surface area contributed by atoms with Gasteiger partial charge in [0.25, 0.3) is 0 Å². The van der Waals surface area contributed by atoms with Crippen LogP contribution in [0.25, 0.3) is 0 Å². The smallest absolute Gasteiger partial charge is 0.166 e. The first kappa shape index (κ1) is 12.7. The van der Waals surface area contributed by atoms with Gasteiger partial charge in [-0.25, -0.2) is 0 Å². The fourth-order valence-corrected chi connectivity index (χ4v) is 2.53. The van der Waals surface area contributed by atoms with Crippen LogP contribution in [-0.2, 0) is 0 Å². The molecule has 15 heavy (non-hydrogen) atoms. The van der Waals surface area contributed by atoms with Crippen molar-refractivity contribution in [2.75, 3.05) is 13.2 Å². The van der Waals surface area contributed by atoms with E-state index in [-0.39, 0.29) is 6.61 Å². The molecule has 0 heterocycles. The second-order valence-corrected chi connectivity index (χ2v) is 4.59. The molecule has 3 N–H and O–H groups in total. The summed E-state index contributed by atoms with van der Waals surface area (Å²) in [6, 6.07) is 0.530. The maximum atomic E-state index is 8.67. The highest BCUT2D eigenvalue weighted by Gasteiger charge is 2.23. The van der Waals surface area contributed by atoms with Crippen LogP contribution in [0.3, 0.4) is 0 Å². The van der Waals surface area contributed by atoms with Gasteiger partial charge in [-0.3, -0.25) is 0 Å². The second kappa shape index (κ2) is 7.01. The van der Waals surface area contributed by atoms with Crippen molar-refractivity contribution in [3.8, 4) is 0 Å². The van der Waals surface area contributed by atoms with E-state index in [1.165, 1.54) is 32.1 Å². The Morgan fingerprint density at radius 3 is 2.80 bits per heavy atom. The minimum absolute atomic E-state index is 0.129. The van der Waals surface area contributed by atoms with Gasteiger partial charge >= 0.3 is 0 Å². The first-order chi connectivity index (χ1) is 7.27. The molecular formula is C11H22N2OS. The van der Waals surface area contributed by atoms with Crippen LogP contribution in [0, 0.1) is 5.92 Å². The SMILES string of the molecule is CC[C@@H]1CCCC[C@H]1NC(=S)NCCO. The average molecular weight is 230 g/mol. The number of hydrogen-bond acceptors (Lipinski definition) is 2. The molecule has 0 amide bonds. The number of aliphatic hydroxyl groups excluding tert-OH is 1. The lowest BCUT2D eigenvalue weighted by molar-refractivity contribution is 0.277. The Balaban J connectivity index is 2.30. The van der Waals surface area contributed by atoms with Gasteiger partial charge in [0.15, 0.2) is 5.11 Å². The third-order valence-electron chi connectivity index (χ3n) is 3.15. The van der Waals surface area contributed by atoms with Crippen molar-refractivity contribution >= 4 is 17.3 Å². The van der Waals surface area contributed by atoms with Gasteiger partial charge in [0.2, 0.25) is 0 Å². The summed E-state index contributed by atoms with van der Waals surface area (Å²) in [7, 11) is 0. The quantitative estimate of drug-likeness (QED) is 0.639. The minimum atomic E-state index is 0.129. The molecule has 0 radical (unpaired) electrons. The third kappa shape index (κ3) is 4.34. The number of nitrogens with one attached hydrogen (secondary N) is 2. The molecular weight excluding hydrogens is 208 g/mol. The zero-order valence-electron chi connectivity index (χ0n) is 9.46. The Labute approximate surface area is 97.6 Å². The van der Waals surface area contributed by atoms with Crippen LogP contribution >= 0.6 is 12.2 Å². The fourth-order valence-electron chi connectivity index (χ4n) is 2.28. The van der Waals surface area contributed by atoms with E-state index in [0.717, 1.165) is 5.92 Å². The zero-order valence-corrected chi connectivity index (χ0v) is 10.3. The van der Waals surface area contributed by atoms with E-state index >= 15 is 0 Å². The Kier molecular flexibility index (Phi) is 5.95. The molecule has 0 spiro atoms. The van der Waals surface area contributed by atoms with Gasteiger partial charge in [-0.05, 0) is 31.0 Å². The lowest BCUT2D eigenvalue weighted by atomic mass is 9.83. The molecule has 3 nitrogen and oxygen atoms in total. The molecule has 0 saturated heterocycles. The lowest BCUT2D eigenvalue weighted by Crippen LogP contribution is -2.47. The highest BCUT2D eigenvalue weighted by molar-refractivity contribution is 7.80. The molecule has 0 bridgehead atoms. The summed E-state index contributed by atoms with van der Waals surface area (Å²) in [6.07, 6.45) is 6.42. The van der Waals surface area contributed by atoms with Gasteiger partial charge in [-0.15, -0.1) is 0 Å². The molecule has 1 rings (SSSR count). The van der Waals surface area contributed by atoms with E-state index in [0.29, 0.717) is 17.7 Å². The second-order valence-electron chi connectivity index (χ2n) is 4.18. The predicted molar refractivity (Wildman–Crippen MR) is 66.9 cm³/mol. The number of rotatable bonds is 4. The number of aliphatic hydroxyl groups is 1. The van der Waals surface area contributed by atoms with Crippen LogP contribution in [0.4, 0.5) is 0 Å². The summed E-state index contributed by atoms with van der Waals surface area (Å²) in [5, 5.41) is 15.7. The summed E-state index contributed by atoms with van der Waals surface area (Å²) in [4.78, 5) is 0. The van der Waals surface area contributed by atoms with Gasteiger partial charge in [0.1, 0.15) is 0 Å². The van der Waals surface area contributed by atoms with Crippen LogP contribution in [0.15, 0.2) is 0 Å². The standard InChI is InChI=1S/C11H22N2OS/c1-2-9-5-3-4-6-10(9)13-11(15)12-7-8-14/h9-10,14H,2-8H2,1H3,(H2,12,13,15)/t9-,10-/m1/s1. The van der Waals surface area contributed by atoms with E-state index in [4.69, 9.17) is 17.3 Å². The third-order valence-corrected chi connectivity index (χ3v) is 3.41. The number of thiocarbonyl (C=S) groups is 1. The highest BCUT2D eigenvalue weighted by Crippen LogP contribution is 2.26. The predicted octanol–water partition coefficient (Wildman–Crippen LogP) is 1.41.